The second-order valence-corrected chi connectivity index (χ2v) is 4.51. The first-order chi connectivity index (χ1) is 8.91. The number of hydrogen-bond donors (Lipinski definition) is 3. The van der Waals surface area contributed by atoms with Gasteiger partial charge in [-0.15, -0.1) is 6.42 Å². The van der Waals surface area contributed by atoms with Crippen molar-refractivity contribution in [2.24, 2.45) is 0 Å². The molecule has 1 aliphatic rings. The highest BCUT2D eigenvalue weighted by Crippen LogP contribution is 2.35. The normalized spacial score (nSPS) is 30.2. The summed E-state index contributed by atoms with van der Waals surface area (Å²) in [6.07, 6.45) is 4.72. The fraction of sp³-hybridized carbons (Fsp3) is 0.500. The third-order valence-corrected chi connectivity index (χ3v) is 3.21. The van der Waals surface area contributed by atoms with Crippen LogP contribution in [0, 0.1) is 19.3 Å². The van der Waals surface area contributed by atoms with Crippen LogP contribution in [0.5, 0.6) is 0 Å². The van der Waals surface area contributed by atoms with Crippen molar-refractivity contribution in [1.82, 2.24) is 9.55 Å². The molecule has 1 aliphatic heterocycles. The van der Waals surface area contributed by atoms with E-state index in [4.69, 9.17) is 16.3 Å². The zero-order valence-electron chi connectivity index (χ0n) is 10.3. The van der Waals surface area contributed by atoms with Gasteiger partial charge in [-0.05, 0) is 6.92 Å². The lowest BCUT2D eigenvalue weighted by molar-refractivity contribution is -0.0624. The highest BCUT2D eigenvalue weighted by atomic mass is 16.5. The topological polar surface area (TPSA) is 105 Å². The van der Waals surface area contributed by atoms with Gasteiger partial charge in [0.25, 0.3) is 5.56 Å². The van der Waals surface area contributed by atoms with Crippen LogP contribution in [0.25, 0.3) is 0 Å². The van der Waals surface area contributed by atoms with Crippen LogP contribution in [-0.2, 0) is 4.74 Å². The van der Waals surface area contributed by atoms with E-state index in [1.807, 2.05) is 0 Å². The molecule has 0 spiro atoms. The fourth-order valence-electron chi connectivity index (χ4n) is 2.06. The van der Waals surface area contributed by atoms with Crippen LogP contribution in [0.15, 0.2) is 15.8 Å². The standard InChI is InChI=1S/C12H14N2O5/c1-3-12(18)4-9(19-8(12)6-15)14-5-7(2)10(16)13-11(14)17/h1,5,8-9,15,18H,4,6H2,2H3,(H,13,16,17)/t8-,9-,12-/m1/s1. The van der Waals surface area contributed by atoms with E-state index < -0.39 is 35.8 Å². The summed E-state index contributed by atoms with van der Waals surface area (Å²) in [5.74, 6) is 2.17. The molecule has 0 unspecified atom stereocenters. The molecule has 19 heavy (non-hydrogen) atoms. The number of aliphatic hydroxyl groups excluding tert-OH is 1. The van der Waals surface area contributed by atoms with Crippen molar-refractivity contribution in [3.05, 3.63) is 32.6 Å². The average molecular weight is 266 g/mol. The number of aryl methyl sites for hydroxylation is 1. The maximum atomic E-state index is 11.7. The summed E-state index contributed by atoms with van der Waals surface area (Å²) in [6, 6.07) is 0. The van der Waals surface area contributed by atoms with Crippen LogP contribution >= 0.6 is 0 Å². The summed E-state index contributed by atoms with van der Waals surface area (Å²) >= 11 is 0. The number of nitrogens with zero attached hydrogens (tertiary/aromatic N) is 1. The molecule has 0 radical (unpaired) electrons. The molecule has 2 heterocycles. The minimum absolute atomic E-state index is 0.0416. The molecule has 1 fully saturated rings. The molecule has 0 aliphatic carbocycles. The second-order valence-electron chi connectivity index (χ2n) is 4.51. The second kappa shape index (κ2) is 4.66. The minimum atomic E-state index is -1.64. The van der Waals surface area contributed by atoms with Crippen LogP contribution < -0.4 is 11.2 Å². The fourth-order valence-corrected chi connectivity index (χ4v) is 2.06. The van der Waals surface area contributed by atoms with Crippen LogP contribution in [0.4, 0.5) is 0 Å². The van der Waals surface area contributed by atoms with Gasteiger partial charge in [0.15, 0.2) is 5.60 Å². The Morgan fingerprint density at radius 2 is 2.37 bits per heavy atom. The lowest BCUT2D eigenvalue weighted by atomic mass is 9.96. The number of ether oxygens (including phenoxy) is 1. The van der Waals surface area contributed by atoms with Crippen LogP contribution in [0.2, 0.25) is 0 Å². The van der Waals surface area contributed by atoms with Gasteiger partial charge in [-0.2, -0.15) is 0 Å². The van der Waals surface area contributed by atoms with E-state index in [0.29, 0.717) is 5.56 Å². The Labute approximate surface area is 108 Å². The van der Waals surface area contributed by atoms with Gasteiger partial charge in [0, 0.05) is 18.2 Å². The van der Waals surface area contributed by atoms with Crippen molar-refractivity contribution in [3.8, 4) is 12.3 Å². The number of aromatic nitrogens is 2. The largest absolute Gasteiger partial charge is 0.394 e. The highest BCUT2D eigenvalue weighted by Gasteiger charge is 2.47. The first-order valence-electron chi connectivity index (χ1n) is 5.70. The zero-order valence-corrected chi connectivity index (χ0v) is 10.3. The maximum Gasteiger partial charge on any atom is 0.330 e. The van der Waals surface area contributed by atoms with Gasteiger partial charge in [0.05, 0.1) is 6.61 Å². The molecule has 1 aromatic rings. The molecule has 0 aromatic carbocycles. The smallest absolute Gasteiger partial charge is 0.330 e. The van der Waals surface area contributed by atoms with Crippen molar-refractivity contribution in [2.75, 3.05) is 6.61 Å². The Balaban J connectivity index is 2.41. The number of nitrogens with one attached hydrogen (secondary N) is 1. The molecule has 7 nitrogen and oxygen atoms in total. The average Bonchev–Trinajstić information content (AvgIpc) is 2.71. The summed E-state index contributed by atoms with van der Waals surface area (Å²) in [6.45, 7) is 1.08. The Bertz CT molecular complexity index is 641. The van der Waals surface area contributed by atoms with E-state index in [1.165, 1.54) is 6.20 Å². The molecule has 1 aromatic heterocycles. The predicted molar refractivity (Wildman–Crippen MR) is 65.5 cm³/mol. The number of hydrogen-bond acceptors (Lipinski definition) is 5. The molecule has 0 saturated carbocycles. The number of aliphatic hydroxyl groups is 2. The zero-order chi connectivity index (χ0) is 14.2. The van der Waals surface area contributed by atoms with Crippen LogP contribution in [0.1, 0.15) is 18.2 Å². The quantitative estimate of drug-likeness (QED) is 0.564. The number of rotatable bonds is 2. The molecule has 3 N–H and O–H groups in total. The summed E-state index contributed by atoms with van der Waals surface area (Å²) in [5.41, 5.74) is -2.44. The van der Waals surface area contributed by atoms with E-state index >= 15 is 0 Å². The van der Waals surface area contributed by atoms with Gasteiger partial charge in [-0.25, -0.2) is 4.79 Å². The Kier molecular flexibility index (Phi) is 3.32. The summed E-state index contributed by atoms with van der Waals surface area (Å²) < 4.78 is 6.52. The molecule has 2 rings (SSSR count). The van der Waals surface area contributed by atoms with E-state index in [0.717, 1.165) is 4.57 Å². The van der Waals surface area contributed by atoms with E-state index in [2.05, 4.69) is 10.9 Å². The number of terminal acetylenes is 1. The first-order valence-corrected chi connectivity index (χ1v) is 5.70. The van der Waals surface area contributed by atoms with Crippen LogP contribution in [-0.4, -0.2) is 38.1 Å². The lowest BCUT2D eigenvalue weighted by Gasteiger charge is -2.19. The predicted octanol–water partition coefficient (Wildman–Crippen LogP) is -1.51. The van der Waals surface area contributed by atoms with E-state index in [-0.39, 0.29) is 6.42 Å². The molecule has 7 heteroatoms. The van der Waals surface area contributed by atoms with Crippen LogP contribution in [0.3, 0.4) is 0 Å². The van der Waals surface area contributed by atoms with Crippen molar-refractivity contribution in [1.29, 1.82) is 0 Å². The van der Waals surface area contributed by atoms with Gasteiger partial charge >= 0.3 is 5.69 Å². The van der Waals surface area contributed by atoms with Gasteiger partial charge in [-0.1, -0.05) is 5.92 Å². The van der Waals surface area contributed by atoms with E-state index in [1.54, 1.807) is 6.92 Å². The van der Waals surface area contributed by atoms with Gasteiger partial charge in [-0.3, -0.25) is 14.3 Å². The molecule has 0 amide bonds. The molecular formula is C12H14N2O5. The SMILES string of the molecule is C#C[C@@]1(O)C[C@H](n2cc(C)c(=O)[nH]c2=O)O[C@@H]1CO. The van der Waals surface area contributed by atoms with Gasteiger partial charge in [0.2, 0.25) is 0 Å². The van der Waals surface area contributed by atoms with Crippen molar-refractivity contribution in [2.45, 2.75) is 31.3 Å². The monoisotopic (exact) mass is 266 g/mol. The Morgan fingerprint density at radius 3 is 2.89 bits per heavy atom. The summed E-state index contributed by atoms with van der Waals surface area (Å²) in [4.78, 5) is 25.1. The number of H-pyrrole nitrogens is 1. The molecular weight excluding hydrogens is 252 g/mol. The highest BCUT2D eigenvalue weighted by molar-refractivity contribution is 5.15. The van der Waals surface area contributed by atoms with Crippen molar-refractivity contribution in [3.63, 3.8) is 0 Å². The molecule has 102 valence electrons. The minimum Gasteiger partial charge on any atom is -0.394 e. The Morgan fingerprint density at radius 1 is 1.68 bits per heavy atom. The van der Waals surface area contributed by atoms with Gasteiger partial charge in [0.1, 0.15) is 12.3 Å². The maximum absolute atomic E-state index is 11.7. The molecule has 1 saturated heterocycles. The summed E-state index contributed by atoms with van der Waals surface area (Å²) in [5, 5.41) is 19.2. The van der Waals surface area contributed by atoms with Crippen molar-refractivity contribution >= 4 is 0 Å². The Hall–Kier alpha value is -1.88. The third kappa shape index (κ3) is 2.21. The number of aromatic amines is 1. The third-order valence-electron chi connectivity index (χ3n) is 3.21. The van der Waals surface area contributed by atoms with Crippen molar-refractivity contribution < 1.29 is 14.9 Å². The molecule has 3 atom stereocenters. The van der Waals surface area contributed by atoms with E-state index in [9.17, 15) is 14.7 Å². The molecule has 0 bridgehead atoms. The lowest BCUT2D eigenvalue weighted by Crippen LogP contribution is -2.38. The van der Waals surface area contributed by atoms with Gasteiger partial charge < -0.3 is 14.9 Å². The first kappa shape index (κ1) is 13.5. The summed E-state index contributed by atoms with van der Waals surface area (Å²) in [7, 11) is 0.